The number of anilines is 1. The minimum absolute atomic E-state index is 0.0249. The summed E-state index contributed by atoms with van der Waals surface area (Å²) in [5, 5.41) is 3.56. The number of fused-ring (bicyclic) bond motifs is 1. The van der Waals surface area contributed by atoms with E-state index in [4.69, 9.17) is 9.47 Å². The van der Waals surface area contributed by atoms with Crippen LogP contribution in [0.25, 0.3) is 0 Å². The number of amides is 1. The number of rotatable bonds is 7. The first-order valence-electron chi connectivity index (χ1n) is 10.2. The van der Waals surface area contributed by atoms with Crippen LogP contribution in [0.4, 0.5) is 5.69 Å². The molecule has 0 saturated carbocycles. The van der Waals surface area contributed by atoms with Crippen molar-refractivity contribution in [1.82, 2.24) is 4.90 Å². The Morgan fingerprint density at radius 2 is 1.53 bits per heavy atom. The van der Waals surface area contributed by atoms with Crippen molar-refractivity contribution < 1.29 is 14.3 Å². The molecular formula is C25H26N2O3. The Bertz CT molecular complexity index is 1020. The molecule has 3 aromatic carbocycles. The first-order chi connectivity index (χ1) is 14.6. The van der Waals surface area contributed by atoms with E-state index >= 15 is 0 Å². The molecule has 0 fully saturated rings. The minimum Gasteiger partial charge on any atom is -0.490 e. The van der Waals surface area contributed by atoms with Gasteiger partial charge in [0.2, 0.25) is 0 Å². The third kappa shape index (κ3) is 3.83. The van der Waals surface area contributed by atoms with E-state index in [0.29, 0.717) is 25.3 Å². The first-order valence-corrected chi connectivity index (χ1v) is 10.2. The molecule has 154 valence electrons. The predicted octanol–water partition coefficient (Wildman–Crippen LogP) is 4.90. The topological polar surface area (TPSA) is 50.8 Å². The summed E-state index contributed by atoms with van der Waals surface area (Å²) in [6.07, 6.45) is 0. The van der Waals surface area contributed by atoms with Crippen LogP contribution in [0.15, 0.2) is 78.9 Å². The van der Waals surface area contributed by atoms with Gasteiger partial charge in [-0.3, -0.25) is 4.79 Å². The van der Waals surface area contributed by atoms with E-state index in [1.807, 2.05) is 97.6 Å². The van der Waals surface area contributed by atoms with Gasteiger partial charge in [-0.15, -0.1) is 0 Å². The second kappa shape index (κ2) is 8.49. The lowest BCUT2D eigenvalue weighted by Gasteiger charge is -2.46. The van der Waals surface area contributed by atoms with Crippen molar-refractivity contribution in [3.63, 3.8) is 0 Å². The number of ether oxygens (including phenoxy) is 2. The Labute approximate surface area is 177 Å². The monoisotopic (exact) mass is 402 g/mol. The summed E-state index contributed by atoms with van der Waals surface area (Å²) in [7, 11) is 0. The zero-order valence-electron chi connectivity index (χ0n) is 17.3. The number of benzene rings is 3. The Hall–Kier alpha value is -3.47. The highest BCUT2D eigenvalue weighted by molar-refractivity contribution is 6.02. The molecule has 0 radical (unpaired) electrons. The van der Waals surface area contributed by atoms with Gasteiger partial charge in [-0.05, 0) is 50.2 Å². The van der Waals surface area contributed by atoms with E-state index in [-0.39, 0.29) is 5.91 Å². The molecule has 0 aromatic heterocycles. The van der Waals surface area contributed by atoms with Gasteiger partial charge in [0.15, 0.2) is 0 Å². The summed E-state index contributed by atoms with van der Waals surface area (Å²) in [4.78, 5) is 15.0. The molecule has 1 N–H and O–H groups in total. The van der Waals surface area contributed by atoms with E-state index < -0.39 is 5.66 Å². The highest BCUT2D eigenvalue weighted by Gasteiger charge is 2.41. The fourth-order valence-corrected chi connectivity index (χ4v) is 3.87. The molecule has 4 rings (SSSR count). The summed E-state index contributed by atoms with van der Waals surface area (Å²) in [6, 6.07) is 25.2. The molecule has 1 unspecified atom stereocenters. The van der Waals surface area contributed by atoms with Gasteiger partial charge in [0, 0.05) is 17.8 Å². The number of carbonyl (C=O) groups is 1. The van der Waals surface area contributed by atoms with Gasteiger partial charge in [-0.2, -0.15) is 0 Å². The third-order valence-electron chi connectivity index (χ3n) is 5.40. The van der Waals surface area contributed by atoms with Crippen molar-refractivity contribution in [3.05, 3.63) is 90.0 Å². The van der Waals surface area contributed by atoms with Crippen LogP contribution >= 0.6 is 0 Å². The van der Waals surface area contributed by atoms with E-state index in [0.717, 1.165) is 22.7 Å². The second-order valence-corrected chi connectivity index (χ2v) is 7.33. The fraction of sp³-hybridized carbons (Fsp3) is 0.240. The lowest BCUT2D eigenvalue weighted by molar-refractivity contribution is 0.0552. The van der Waals surface area contributed by atoms with Crippen LogP contribution in [0.5, 0.6) is 11.5 Å². The quantitative estimate of drug-likeness (QED) is 0.571. The lowest BCUT2D eigenvalue weighted by atomic mass is 9.93. The van der Waals surface area contributed by atoms with Crippen molar-refractivity contribution in [3.8, 4) is 11.5 Å². The third-order valence-corrected chi connectivity index (χ3v) is 5.40. The van der Waals surface area contributed by atoms with E-state index in [9.17, 15) is 4.79 Å². The smallest absolute Gasteiger partial charge is 0.258 e. The molecular weight excluding hydrogens is 376 g/mol. The van der Waals surface area contributed by atoms with Gasteiger partial charge in [0.1, 0.15) is 30.4 Å². The number of nitrogens with one attached hydrogen (secondary N) is 1. The SMILES string of the molecule is CCN1C(=O)c2ccccc2NC1(C)c1cccc(OCCOc2ccccc2)c1. The summed E-state index contributed by atoms with van der Waals surface area (Å²) in [5.41, 5.74) is 1.84. The average Bonchev–Trinajstić information content (AvgIpc) is 2.78. The molecule has 0 aliphatic carbocycles. The lowest BCUT2D eigenvalue weighted by Crippen LogP contribution is -2.55. The molecule has 5 heteroatoms. The second-order valence-electron chi connectivity index (χ2n) is 7.33. The highest BCUT2D eigenvalue weighted by atomic mass is 16.5. The molecule has 3 aromatic rings. The zero-order chi connectivity index (χ0) is 21.0. The van der Waals surface area contributed by atoms with E-state index in [1.165, 1.54) is 0 Å². The van der Waals surface area contributed by atoms with E-state index in [1.54, 1.807) is 0 Å². The average molecular weight is 402 g/mol. The maximum Gasteiger partial charge on any atom is 0.258 e. The Kier molecular flexibility index (Phi) is 5.61. The largest absolute Gasteiger partial charge is 0.490 e. The maximum absolute atomic E-state index is 13.1. The van der Waals surface area contributed by atoms with Crippen LogP contribution in [0.1, 0.15) is 29.8 Å². The van der Waals surface area contributed by atoms with Crippen LogP contribution in [0, 0.1) is 0 Å². The first kappa shape index (κ1) is 19.8. The summed E-state index contributed by atoms with van der Waals surface area (Å²) in [5.74, 6) is 1.59. The molecule has 0 bridgehead atoms. The van der Waals surface area contributed by atoms with Gasteiger partial charge in [0.05, 0.1) is 5.56 Å². The van der Waals surface area contributed by atoms with Crippen LogP contribution in [-0.2, 0) is 5.66 Å². The van der Waals surface area contributed by atoms with Crippen LogP contribution in [0.2, 0.25) is 0 Å². The van der Waals surface area contributed by atoms with Crippen molar-refractivity contribution in [2.45, 2.75) is 19.5 Å². The minimum atomic E-state index is -0.667. The zero-order valence-corrected chi connectivity index (χ0v) is 17.3. The van der Waals surface area contributed by atoms with Crippen LogP contribution in [0.3, 0.4) is 0 Å². The Morgan fingerprint density at radius 3 is 2.30 bits per heavy atom. The van der Waals surface area contributed by atoms with Crippen LogP contribution < -0.4 is 14.8 Å². The fourth-order valence-electron chi connectivity index (χ4n) is 3.87. The normalized spacial score (nSPS) is 17.8. The van der Waals surface area contributed by atoms with E-state index in [2.05, 4.69) is 5.32 Å². The van der Waals surface area contributed by atoms with Gasteiger partial charge in [0.25, 0.3) is 5.91 Å². The van der Waals surface area contributed by atoms with Crippen molar-refractivity contribution >= 4 is 11.6 Å². The van der Waals surface area contributed by atoms with Crippen LogP contribution in [-0.4, -0.2) is 30.6 Å². The standard InChI is InChI=1S/C25H26N2O3/c1-3-27-24(28)22-14-7-8-15-23(22)26-25(27,2)19-10-9-13-21(18-19)30-17-16-29-20-11-5-4-6-12-20/h4-15,18,26H,3,16-17H2,1-2H3. The van der Waals surface area contributed by atoms with Crippen molar-refractivity contribution in [2.24, 2.45) is 0 Å². The number of hydrogen-bond donors (Lipinski definition) is 1. The molecule has 30 heavy (non-hydrogen) atoms. The highest BCUT2D eigenvalue weighted by Crippen LogP contribution is 2.38. The molecule has 1 atom stereocenters. The van der Waals surface area contributed by atoms with Gasteiger partial charge in [-0.25, -0.2) is 0 Å². The number of carbonyl (C=O) groups excluding carboxylic acids is 1. The van der Waals surface area contributed by atoms with Gasteiger partial charge in [-0.1, -0.05) is 42.5 Å². The molecule has 0 spiro atoms. The van der Waals surface area contributed by atoms with Crippen molar-refractivity contribution in [1.29, 1.82) is 0 Å². The summed E-state index contributed by atoms with van der Waals surface area (Å²) >= 11 is 0. The van der Waals surface area contributed by atoms with Crippen molar-refractivity contribution in [2.75, 3.05) is 25.1 Å². The Morgan fingerprint density at radius 1 is 0.867 bits per heavy atom. The molecule has 1 amide bonds. The number of para-hydroxylation sites is 2. The number of nitrogens with zero attached hydrogens (tertiary/aromatic N) is 1. The molecule has 0 saturated heterocycles. The molecule has 1 aliphatic heterocycles. The van der Waals surface area contributed by atoms with Gasteiger partial charge >= 0.3 is 0 Å². The maximum atomic E-state index is 13.1. The predicted molar refractivity (Wildman–Crippen MR) is 118 cm³/mol. The summed E-state index contributed by atoms with van der Waals surface area (Å²) < 4.78 is 11.6. The Balaban J connectivity index is 1.50. The molecule has 1 aliphatic rings. The summed E-state index contributed by atoms with van der Waals surface area (Å²) in [6.45, 7) is 5.50. The molecule has 5 nitrogen and oxygen atoms in total. The number of hydrogen-bond acceptors (Lipinski definition) is 4. The van der Waals surface area contributed by atoms with Gasteiger partial charge < -0.3 is 19.7 Å². The molecule has 1 heterocycles.